The number of alkyl halides is 1. The highest BCUT2D eigenvalue weighted by Crippen LogP contribution is 2.53. The molecule has 21 heavy (non-hydrogen) atoms. The van der Waals surface area contributed by atoms with Crippen LogP contribution >= 0.6 is 11.6 Å². The molecule has 0 saturated heterocycles. The van der Waals surface area contributed by atoms with Gasteiger partial charge in [0.2, 0.25) is 5.91 Å². The SMILES string of the molecule is CCNC(=O)[C@]1([S@@](=O)c2ccccc2)[C@@H]2C=C[C@@H](C2)[C@H]1Cl. The van der Waals surface area contributed by atoms with Crippen LogP contribution in [0.4, 0.5) is 0 Å². The first kappa shape index (κ1) is 14.8. The lowest BCUT2D eigenvalue weighted by molar-refractivity contribution is -0.124. The second kappa shape index (κ2) is 5.58. The lowest BCUT2D eigenvalue weighted by Gasteiger charge is -2.36. The van der Waals surface area contributed by atoms with Crippen molar-refractivity contribution in [3.05, 3.63) is 42.5 Å². The Hall–Kier alpha value is -1.13. The van der Waals surface area contributed by atoms with Crippen molar-refractivity contribution in [2.75, 3.05) is 6.54 Å². The molecule has 1 amide bonds. The first-order valence-electron chi connectivity index (χ1n) is 7.20. The van der Waals surface area contributed by atoms with Gasteiger partial charge in [-0.3, -0.25) is 9.00 Å². The molecule has 0 unspecified atom stereocenters. The minimum atomic E-state index is -1.47. The van der Waals surface area contributed by atoms with E-state index in [0.29, 0.717) is 11.4 Å². The van der Waals surface area contributed by atoms with Crippen molar-refractivity contribution < 1.29 is 9.00 Å². The molecule has 3 rings (SSSR count). The average molecular weight is 324 g/mol. The van der Waals surface area contributed by atoms with E-state index in [4.69, 9.17) is 11.6 Å². The molecular weight excluding hydrogens is 306 g/mol. The van der Waals surface area contributed by atoms with Gasteiger partial charge in [-0.25, -0.2) is 0 Å². The van der Waals surface area contributed by atoms with Crippen molar-refractivity contribution in [1.29, 1.82) is 0 Å². The van der Waals surface area contributed by atoms with Gasteiger partial charge in [0.05, 0.1) is 16.2 Å². The third kappa shape index (κ3) is 2.08. The fraction of sp³-hybridized carbons (Fsp3) is 0.438. The number of halogens is 1. The van der Waals surface area contributed by atoms with Crippen molar-refractivity contribution in [2.24, 2.45) is 11.8 Å². The van der Waals surface area contributed by atoms with Crippen LogP contribution in [0, 0.1) is 11.8 Å². The molecule has 0 radical (unpaired) electrons. The molecule has 0 heterocycles. The summed E-state index contributed by atoms with van der Waals surface area (Å²) in [6.45, 7) is 2.38. The summed E-state index contributed by atoms with van der Waals surface area (Å²) in [6.07, 6.45) is 4.88. The summed E-state index contributed by atoms with van der Waals surface area (Å²) >= 11 is 6.60. The molecular formula is C16H18ClNO2S. The predicted octanol–water partition coefficient (Wildman–Crippen LogP) is 2.48. The summed E-state index contributed by atoms with van der Waals surface area (Å²) in [5.41, 5.74) is 0. The van der Waals surface area contributed by atoms with Crippen LogP contribution in [0.5, 0.6) is 0 Å². The predicted molar refractivity (Wildman–Crippen MR) is 84.6 cm³/mol. The zero-order valence-corrected chi connectivity index (χ0v) is 13.4. The van der Waals surface area contributed by atoms with Crippen LogP contribution in [-0.2, 0) is 15.6 Å². The van der Waals surface area contributed by atoms with E-state index >= 15 is 0 Å². The van der Waals surface area contributed by atoms with Gasteiger partial charge in [0.15, 0.2) is 4.75 Å². The highest BCUT2D eigenvalue weighted by atomic mass is 35.5. The molecule has 3 nitrogen and oxygen atoms in total. The number of rotatable bonds is 4. The van der Waals surface area contributed by atoms with Crippen molar-refractivity contribution >= 4 is 28.3 Å². The zero-order chi connectivity index (χ0) is 15.0. The molecule has 1 N–H and O–H groups in total. The summed E-state index contributed by atoms with van der Waals surface area (Å²) in [6, 6.07) is 9.15. The fourth-order valence-electron chi connectivity index (χ4n) is 3.44. The quantitative estimate of drug-likeness (QED) is 0.683. The van der Waals surface area contributed by atoms with Gasteiger partial charge in [-0.1, -0.05) is 30.4 Å². The van der Waals surface area contributed by atoms with Gasteiger partial charge in [-0.05, 0) is 31.4 Å². The smallest absolute Gasteiger partial charge is 0.241 e. The minimum Gasteiger partial charge on any atom is -0.355 e. The van der Waals surface area contributed by atoms with Crippen LogP contribution in [-0.4, -0.2) is 26.8 Å². The molecule has 112 valence electrons. The van der Waals surface area contributed by atoms with Gasteiger partial charge in [-0.15, -0.1) is 11.6 Å². The summed E-state index contributed by atoms with van der Waals surface area (Å²) in [4.78, 5) is 13.4. The van der Waals surface area contributed by atoms with Gasteiger partial charge in [0.25, 0.3) is 0 Å². The van der Waals surface area contributed by atoms with Crippen LogP contribution in [0.3, 0.4) is 0 Å². The molecule has 2 aliphatic carbocycles. The second-order valence-electron chi connectivity index (χ2n) is 5.53. The largest absolute Gasteiger partial charge is 0.355 e. The van der Waals surface area contributed by atoms with E-state index < -0.39 is 20.9 Å². The maximum absolute atomic E-state index is 13.2. The van der Waals surface area contributed by atoms with Crippen LogP contribution in [0.2, 0.25) is 0 Å². The van der Waals surface area contributed by atoms with Gasteiger partial charge in [0, 0.05) is 17.4 Å². The average Bonchev–Trinajstić information content (AvgIpc) is 3.08. The first-order valence-corrected chi connectivity index (χ1v) is 8.78. The standard InChI is InChI=1S/C16H18ClNO2S/c1-2-18-15(19)16(12-9-8-11(10-12)14(16)17)21(20)13-6-4-3-5-7-13/h3-9,11-12,14H,2,10H2,1H3,(H,18,19)/t11-,12+,14+,16-,21-/m0/s1. The Morgan fingerprint density at radius 3 is 2.67 bits per heavy atom. The second-order valence-corrected chi connectivity index (χ2v) is 7.68. The zero-order valence-electron chi connectivity index (χ0n) is 11.8. The van der Waals surface area contributed by atoms with Crippen molar-refractivity contribution in [2.45, 2.75) is 28.4 Å². The lowest BCUT2D eigenvalue weighted by Crippen LogP contribution is -2.58. The summed E-state index contributed by atoms with van der Waals surface area (Å²) in [5.74, 6) is -0.117. The van der Waals surface area contributed by atoms with Gasteiger partial charge in [0.1, 0.15) is 0 Å². The number of fused-ring (bicyclic) bond motifs is 2. The van der Waals surface area contributed by atoms with E-state index in [-0.39, 0.29) is 17.7 Å². The van der Waals surface area contributed by atoms with Gasteiger partial charge in [-0.2, -0.15) is 0 Å². The van der Waals surface area contributed by atoms with Crippen LogP contribution in [0.15, 0.2) is 47.4 Å². The van der Waals surface area contributed by atoms with E-state index in [9.17, 15) is 9.00 Å². The van der Waals surface area contributed by atoms with Crippen LogP contribution < -0.4 is 5.32 Å². The maximum Gasteiger partial charge on any atom is 0.241 e. The molecule has 2 aliphatic rings. The van der Waals surface area contributed by atoms with E-state index in [2.05, 4.69) is 11.4 Å². The Morgan fingerprint density at radius 1 is 1.38 bits per heavy atom. The Bertz CT molecular complexity index is 604. The van der Waals surface area contributed by atoms with E-state index in [1.54, 1.807) is 12.1 Å². The minimum absolute atomic E-state index is 0.0578. The topological polar surface area (TPSA) is 46.2 Å². The monoisotopic (exact) mass is 323 g/mol. The van der Waals surface area contributed by atoms with Crippen molar-refractivity contribution in [3.63, 3.8) is 0 Å². The Morgan fingerprint density at radius 2 is 2.10 bits per heavy atom. The molecule has 1 saturated carbocycles. The number of benzene rings is 1. The number of carbonyl (C=O) groups excluding carboxylic acids is 1. The third-order valence-electron chi connectivity index (χ3n) is 4.41. The molecule has 1 aromatic rings. The van der Waals surface area contributed by atoms with E-state index in [1.807, 2.05) is 31.2 Å². The number of carbonyl (C=O) groups is 1. The molecule has 1 fully saturated rings. The van der Waals surface area contributed by atoms with Gasteiger partial charge < -0.3 is 5.32 Å². The van der Waals surface area contributed by atoms with E-state index in [1.165, 1.54) is 0 Å². The number of amides is 1. The molecule has 0 aliphatic heterocycles. The molecule has 1 aromatic carbocycles. The van der Waals surface area contributed by atoms with Gasteiger partial charge >= 0.3 is 0 Å². The van der Waals surface area contributed by atoms with Crippen LogP contribution in [0.1, 0.15) is 13.3 Å². The number of hydrogen-bond donors (Lipinski definition) is 1. The third-order valence-corrected chi connectivity index (χ3v) is 7.26. The Kier molecular flexibility index (Phi) is 3.93. The summed E-state index contributed by atoms with van der Waals surface area (Å²) in [7, 11) is -1.47. The highest BCUT2D eigenvalue weighted by molar-refractivity contribution is 7.87. The first-order chi connectivity index (χ1) is 10.1. The molecule has 5 heteroatoms. The Labute approximate surface area is 132 Å². The number of hydrogen-bond acceptors (Lipinski definition) is 2. The summed E-state index contributed by atoms with van der Waals surface area (Å²) in [5, 5.41) is 2.41. The fourth-order valence-corrected chi connectivity index (χ4v) is 5.99. The number of nitrogens with one attached hydrogen (secondary N) is 1. The normalized spacial score (nSPS) is 34.9. The molecule has 2 bridgehead atoms. The van der Waals surface area contributed by atoms with E-state index in [0.717, 1.165) is 6.42 Å². The van der Waals surface area contributed by atoms with Crippen molar-refractivity contribution in [1.82, 2.24) is 5.32 Å². The highest BCUT2D eigenvalue weighted by Gasteiger charge is 2.63. The van der Waals surface area contributed by atoms with Crippen LogP contribution in [0.25, 0.3) is 0 Å². The summed E-state index contributed by atoms with van der Waals surface area (Å²) < 4.78 is 12.2. The maximum atomic E-state index is 13.2. The Balaban J connectivity index is 2.08. The lowest BCUT2D eigenvalue weighted by atomic mass is 9.91. The van der Waals surface area contributed by atoms with Crippen molar-refractivity contribution in [3.8, 4) is 0 Å². The molecule has 5 atom stereocenters. The molecule has 0 spiro atoms. The molecule has 0 aromatic heterocycles. The number of allylic oxidation sites excluding steroid dienone is 2.